The van der Waals surface area contributed by atoms with Gasteiger partial charge in [-0.3, -0.25) is 10.1 Å². The van der Waals surface area contributed by atoms with Gasteiger partial charge in [0.05, 0.1) is 17.6 Å². The Bertz CT molecular complexity index is 719. The van der Waals surface area contributed by atoms with E-state index in [0.717, 1.165) is 0 Å². The molecular formula is C18H24N2O6. The monoisotopic (exact) mass is 364 g/mol. The van der Waals surface area contributed by atoms with Crippen LogP contribution in [-0.2, 0) is 9.47 Å². The van der Waals surface area contributed by atoms with Crippen molar-refractivity contribution < 1.29 is 24.0 Å². The third-order valence-electron chi connectivity index (χ3n) is 3.29. The Balaban J connectivity index is 2.79. The Morgan fingerprint density at radius 3 is 2.50 bits per heavy atom. The van der Waals surface area contributed by atoms with Crippen LogP contribution >= 0.6 is 0 Å². The second-order valence-corrected chi connectivity index (χ2v) is 6.58. The van der Waals surface area contributed by atoms with Crippen LogP contribution in [0.25, 0.3) is 6.08 Å². The van der Waals surface area contributed by atoms with E-state index in [-0.39, 0.29) is 16.8 Å². The Hall–Kier alpha value is -2.90. The molecule has 0 radical (unpaired) electrons. The molecule has 0 heterocycles. The summed E-state index contributed by atoms with van der Waals surface area (Å²) in [6, 6.07) is 2.92. The number of hydrogen-bond acceptors (Lipinski definition) is 6. The van der Waals surface area contributed by atoms with Crippen molar-refractivity contribution in [2.45, 2.75) is 39.7 Å². The van der Waals surface area contributed by atoms with Crippen LogP contribution in [0.2, 0.25) is 0 Å². The summed E-state index contributed by atoms with van der Waals surface area (Å²) in [6.45, 7) is 7.17. The molecule has 0 bridgehead atoms. The van der Waals surface area contributed by atoms with E-state index in [0.29, 0.717) is 18.5 Å². The Morgan fingerprint density at radius 2 is 1.96 bits per heavy atom. The molecule has 0 unspecified atom stereocenters. The van der Waals surface area contributed by atoms with Crippen LogP contribution in [0, 0.1) is 17.0 Å². The van der Waals surface area contributed by atoms with E-state index in [1.165, 1.54) is 26.2 Å². The van der Waals surface area contributed by atoms with Gasteiger partial charge in [-0.2, -0.15) is 0 Å². The quantitative estimate of drug-likeness (QED) is 0.357. The number of methoxy groups -OCH3 is 1. The highest BCUT2D eigenvalue weighted by atomic mass is 16.6. The van der Waals surface area contributed by atoms with Gasteiger partial charge in [0.1, 0.15) is 5.60 Å². The highest BCUT2D eigenvalue weighted by Crippen LogP contribution is 2.25. The Morgan fingerprint density at radius 1 is 1.31 bits per heavy atom. The second kappa shape index (κ2) is 8.98. The first-order chi connectivity index (χ1) is 12.0. The van der Waals surface area contributed by atoms with E-state index in [4.69, 9.17) is 4.74 Å². The number of carbonyl (C=O) groups excluding carboxylic acids is 2. The molecule has 1 amide bonds. The Kier molecular flexibility index (Phi) is 7.30. The van der Waals surface area contributed by atoms with Crippen molar-refractivity contribution in [2.24, 2.45) is 0 Å². The molecule has 1 N–H and O–H groups in total. The summed E-state index contributed by atoms with van der Waals surface area (Å²) in [4.78, 5) is 33.9. The molecule has 0 aromatic heterocycles. The minimum atomic E-state index is -0.632. The molecule has 0 aliphatic carbocycles. The number of nitrogens with one attached hydrogen (secondary N) is 1. The lowest BCUT2D eigenvalue weighted by atomic mass is 10.0. The molecule has 26 heavy (non-hydrogen) atoms. The fraction of sp³-hybridized carbons (Fsp3) is 0.444. The zero-order valence-corrected chi connectivity index (χ0v) is 15.6. The lowest BCUT2D eigenvalue weighted by Crippen LogP contribution is -2.32. The lowest BCUT2D eigenvalue weighted by Gasteiger charge is -2.19. The van der Waals surface area contributed by atoms with Gasteiger partial charge < -0.3 is 14.8 Å². The van der Waals surface area contributed by atoms with Crippen molar-refractivity contribution in [1.82, 2.24) is 5.32 Å². The molecule has 0 spiro atoms. The number of carbonyl (C=O) groups is 2. The van der Waals surface area contributed by atoms with Gasteiger partial charge in [0.15, 0.2) is 0 Å². The van der Waals surface area contributed by atoms with E-state index in [9.17, 15) is 19.7 Å². The van der Waals surface area contributed by atoms with E-state index in [2.05, 4.69) is 10.1 Å². The second-order valence-electron chi connectivity index (χ2n) is 6.58. The number of nitrogens with zero attached hydrogens (tertiary/aromatic N) is 1. The first-order valence-electron chi connectivity index (χ1n) is 8.06. The number of nitro groups is 1. The number of nitro benzene ring substituents is 1. The third kappa shape index (κ3) is 6.54. The van der Waals surface area contributed by atoms with Crippen molar-refractivity contribution >= 4 is 23.8 Å². The average Bonchev–Trinajstić information content (AvgIpc) is 2.52. The number of ether oxygens (including phenoxy) is 2. The maximum atomic E-state index is 11.8. The van der Waals surface area contributed by atoms with Crippen LogP contribution in [0.1, 0.15) is 48.7 Å². The molecule has 142 valence electrons. The van der Waals surface area contributed by atoms with E-state index >= 15 is 0 Å². The highest BCUT2D eigenvalue weighted by molar-refractivity contribution is 5.93. The highest BCUT2D eigenvalue weighted by Gasteiger charge is 2.20. The van der Waals surface area contributed by atoms with Crippen LogP contribution in [-0.4, -0.2) is 36.2 Å². The number of hydrogen-bond donors (Lipinski definition) is 1. The number of amides is 1. The number of alkyl carbamates (subject to hydrolysis) is 1. The van der Waals surface area contributed by atoms with Gasteiger partial charge in [-0.05, 0) is 45.7 Å². The van der Waals surface area contributed by atoms with Crippen molar-refractivity contribution in [3.8, 4) is 0 Å². The molecular weight excluding hydrogens is 340 g/mol. The lowest BCUT2D eigenvalue weighted by molar-refractivity contribution is -0.385. The van der Waals surface area contributed by atoms with Crippen LogP contribution in [0.5, 0.6) is 0 Å². The van der Waals surface area contributed by atoms with Crippen LogP contribution < -0.4 is 5.32 Å². The topological polar surface area (TPSA) is 108 Å². The van der Waals surface area contributed by atoms with Gasteiger partial charge in [-0.1, -0.05) is 12.2 Å². The molecule has 0 aliphatic heterocycles. The van der Waals surface area contributed by atoms with Crippen molar-refractivity contribution in [1.29, 1.82) is 0 Å². The third-order valence-corrected chi connectivity index (χ3v) is 3.29. The molecule has 0 saturated carbocycles. The van der Waals surface area contributed by atoms with Crippen LogP contribution in [0.3, 0.4) is 0 Å². The van der Waals surface area contributed by atoms with Gasteiger partial charge in [0.2, 0.25) is 0 Å². The van der Waals surface area contributed by atoms with Gasteiger partial charge in [-0.25, -0.2) is 9.59 Å². The maximum absolute atomic E-state index is 11.8. The summed E-state index contributed by atoms with van der Waals surface area (Å²) in [6.07, 6.45) is 3.38. The molecule has 8 heteroatoms. The summed E-state index contributed by atoms with van der Waals surface area (Å²) < 4.78 is 9.78. The number of esters is 1. The first-order valence-corrected chi connectivity index (χ1v) is 8.06. The van der Waals surface area contributed by atoms with E-state index in [1.807, 2.05) is 0 Å². The summed E-state index contributed by atoms with van der Waals surface area (Å²) in [5, 5.41) is 13.8. The van der Waals surface area contributed by atoms with Crippen molar-refractivity contribution in [3.63, 3.8) is 0 Å². The minimum Gasteiger partial charge on any atom is -0.465 e. The number of benzene rings is 1. The van der Waals surface area contributed by atoms with Crippen molar-refractivity contribution in [2.75, 3.05) is 13.7 Å². The fourth-order valence-electron chi connectivity index (χ4n) is 2.12. The normalized spacial score (nSPS) is 11.3. The molecule has 0 fully saturated rings. The van der Waals surface area contributed by atoms with Gasteiger partial charge in [-0.15, -0.1) is 0 Å². The van der Waals surface area contributed by atoms with Gasteiger partial charge in [0.25, 0.3) is 5.69 Å². The smallest absolute Gasteiger partial charge is 0.407 e. The molecule has 1 aromatic carbocycles. The number of rotatable bonds is 6. The van der Waals surface area contributed by atoms with E-state index < -0.39 is 22.6 Å². The predicted octanol–water partition coefficient (Wildman–Crippen LogP) is 3.62. The van der Waals surface area contributed by atoms with E-state index in [1.54, 1.807) is 32.9 Å². The van der Waals surface area contributed by atoms with Gasteiger partial charge >= 0.3 is 12.1 Å². The molecule has 0 saturated heterocycles. The van der Waals surface area contributed by atoms with Crippen molar-refractivity contribution in [3.05, 3.63) is 45.0 Å². The summed E-state index contributed by atoms with van der Waals surface area (Å²) >= 11 is 0. The molecule has 1 aromatic rings. The predicted molar refractivity (Wildman–Crippen MR) is 97.1 cm³/mol. The summed E-state index contributed by atoms with van der Waals surface area (Å²) in [7, 11) is 1.22. The maximum Gasteiger partial charge on any atom is 0.407 e. The minimum absolute atomic E-state index is 0.147. The Labute approximate surface area is 152 Å². The van der Waals surface area contributed by atoms with Gasteiger partial charge in [0, 0.05) is 18.2 Å². The first kappa shape index (κ1) is 21.1. The van der Waals surface area contributed by atoms with Crippen LogP contribution in [0.15, 0.2) is 18.2 Å². The molecule has 0 atom stereocenters. The largest absolute Gasteiger partial charge is 0.465 e. The zero-order valence-electron chi connectivity index (χ0n) is 15.6. The summed E-state index contributed by atoms with van der Waals surface area (Å²) in [5.74, 6) is -0.632. The summed E-state index contributed by atoms with van der Waals surface area (Å²) in [5.41, 5.74) is 0.184. The zero-order chi connectivity index (χ0) is 19.9. The standard InChI is InChI=1S/C18H24N2O6/c1-12-14(16(21)25-5)10-13(11-15(12)20(23)24)8-6-7-9-19-17(22)26-18(2,3)4/h6,8,10-11H,7,9H2,1-5H3,(H,19,22). The molecule has 1 rings (SSSR count). The molecule has 8 nitrogen and oxygen atoms in total. The van der Waals surface area contributed by atoms with Crippen LogP contribution in [0.4, 0.5) is 10.5 Å². The average molecular weight is 364 g/mol. The molecule has 0 aliphatic rings. The SMILES string of the molecule is COC(=O)c1cc(C=CCCNC(=O)OC(C)(C)C)cc([N+](=O)[O-])c1C. The fourth-order valence-corrected chi connectivity index (χ4v) is 2.12.